The quantitative estimate of drug-likeness (QED) is 0.305. The number of alkyl halides is 6. The van der Waals surface area contributed by atoms with Crippen LogP contribution in [-0.2, 0) is 34.0 Å². The molecule has 2 aromatic carbocycles. The predicted molar refractivity (Wildman–Crippen MR) is 111 cm³/mol. The van der Waals surface area contributed by atoms with Crippen molar-refractivity contribution in [3.05, 3.63) is 70.7 Å². The van der Waals surface area contributed by atoms with Crippen molar-refractivity contribution in [1.82, 2.24) is 4.98 Å². The lowest BCUT2D eigenvalue weighted by atomic mass is 10.1. The van der Waals surface area contributed by atoms with Crippen LogP contribution in [0.5, 0.6) is 0 Å². The van der Waals surface area contributed by atoms with E-state index < -0.39 is 27.3 Å². The molecule has 0 atom stereocenters. The molecule has 0 aliphatic rings. The number of benzene rings is 2. The fourth-order valence-corrected chi connectivity index (χ4v) is 4.04. The van der Waals surface area contributed by atoms with Gasteiger partial charge in [-0.2, -0.15) is 34.8 Å². The maximum atomic E-state index is 12.7. The molecule has 0 bridgehead atoms. The lowest BCUT2D eigenvalue weighted by Gasteiger charge is -2.11. The molecule has 0 spiro atoms. The van der Waals surface area contributed by atoms with Gasteiger partial charge in [0.25, 0.3) is 0 Å². The molecule has 1 aromatic heterocycles. The van der Waals surface area contributed by atoms with E-state index in [0.717, 1.165) is 12.1 Å². The summed E-state index contributed by atoms with van der Waals surface area (Å²) in [6.45, 7) is 0.306. The van der Waals surface area contributed by atoms with E-state index in [2.05, 4.69) is 4.98 Å². The van der Waals surface area contributed by atoms with Crippen LogP contribution in [0.2, 0.25) is 0 Å². The molecule has 178 valence electrons. The summed E-state index contributed by atoms with van der Waals surface area (Å²) in [4.78, 5) is 4.32. The summed E-state index contributed by atoms with van der Waals surface area (Å²) >= 11 is 1.25. The number of aromatic nitrogens is 1. The number of nitrogens with one attached hydrogen (secondary N) is 1. The second-order valence-corrected chi connectivity index (χ2v) is 9.31. The van der Waals surface area contributed by atoms with Gasteiger partial charge in [0.2, 0.25) is 0 Å². The molecule has 0 radical (unpaired) electrons. The maximum absolute atomic E-state index is 12.7. The Labute approximate surface area is 189 Å². The highest BCUT2D eigenvalue weighted by molar-refractivity contribution is 7.93. The van der Waals surface area contributed by atoms with E-state index in [4.69, 9.17) is 4.74 Å². The third-order valence-electron chi connectivity index (χ3n) is 4.28. The van der Waals surface area contributed by atoms with Crippen LogP contribution in [0.15, 0.2) is 53.9 Å². The van der Waals surface area contributed by atoms with Crippen LogP contribution in [0.1, 0.15) is 16.8 Å². The highest BCUT2D eigenvalue weighted by atomic mass is 32.2. The Hall–Kier alpha value is -2.64. The zero-order valence-electron chi connectivity index (χ0n) is 16.6. The molecule has 0 saturated carbocycles. The van der Waals surface area contributed by atoms with Crippen LogP contribution in [0, 0.1) is 0 Å². The molecule has 3 aromatic rings. The molecule has 33 heavy (non-hydrogen) atoms. The highest BCUT2D eigenvalue weighted by Crippen LogP contribution is 2.32. The first kappa shape index (κ1) is 25.0. The molecule has 1 heterocycles. The Morgan fingerprint density at radius 3 is 2.33 bits per heavy atom. The van der Waals surface area contributed by atoms with Gasteiger partial charge >= 0.3 is 21.7 Å². The molecule has 0 saturated heterocycles. The summed E-state index contributed by atoms with van der Waals surface area (Å²) in [5.41, 5.74) is -4.72. The summed E-state index contributed by atoms with van der Waals surface area (Å²) in [5.74, 6) is 0. The first-order chi connectivity index (χ1) is 15.3. The number of nitrogens with zero attached hydrogens (tertiary/aromatic N) is 1. The van der Waals surface area contributed by atoms with Gasteiger partial charge in [0.15, 0.2) is 0 Å². The fraction of sp³-hybridized carbons (Fsp3) is 0.250. The van der Waals surface area contributed by atoms with Gasteiger partial charge in [-0.15, -0.1) is 11.3 Å². The minimum absolute atomic E-state index is 0.123. The van der Waals surface area contributed by atoms with Gasteiger partial charge in [0, 0.05) is 16.6 Å². The van der Waals surface area contributed by atoms with Crippen molar-refractivity contribution >= 4 is 27.0 Å². The monoisotopic (exact) mass is 510 g/mol. The van der Waals surface area contributed by atoms with Crippen molar-refractivity contribution in [2.45, 2.75) is 24.7 Å². The minimum atomic E-state index is -5.50. The van der Waals surface area contributed by atoms with Gasteiger partial charge in [0.1, 0.15) is 5.01 Å². The zero-order chi connectivity index (χ0) is 24.3. The van der Waals surface area contributed by atoms with Crippen LogP contribution < -0.4 is 4.72 Å². The smallest absolute Gasteiger partial charge is 0.375 e. The Morgan fingerprint density at radius 2 is 1.70 bits per heavy atom. The molecule has 0 unspecified atom stereocenters. The minimum Gasteiger partial charge on any atom is -0.375 e. The number of rotatable bonds is 8. The van der Waals surface area contributed by atoms with Gasteiger partial charge in [-0.3, -0.25) is 4.72 Å². The van der Waals surface area contributed by atoms with Gasteiger partial charge in [-0.05, 0) is 36.2 Å². The van der Waals surface area contributed by atoms with Crippen LogP contribution in [0.25, 0.3) is 10.6 Å². The number of anilines is 1. The van der Waals surface area contributed by atoms with Crippen LogP contribution in [-0.4, -0.2) is 25.5 Å². The summed E-state index contributed by atoms with van der Waals surface area (Å²) in [6, 6.07) is 10.1. The first-order valence-electron chi connectivity index (χ1n) is 9.23. The number of thiazole rings is 1. The summed E-state index contributed by atoms with van der Waals surface area (Å²) in [6.07, 6.45) is -4.11. The van der Waals surface area contributed by atoms with Gasteiger partial charge in [-0.1, -0.05) is 24.3 Å². The van der Waals surface area contributed by atoms with Crippen molar-refractivity contribution in [2.24, 2.45) is 0 Å². The normalized spacial score (nSPS) is 12.7. The average molecular weight is 510 g/mol. The van der Waals surface area contributed by atoms with Crippen molar-refractivity contribution in [3.63, 3.8) is 0 Å². The second kappa shape index (κ2) is 9.69. The standard InChI is InChI=1S/C20H16F6N2O3S2/c21-19(22,23)15-6-4-14(5-7-15)18-27-17(12-32-18)11-31-9-8-13-2-1-3-16(10-13)28-33(29,30)20(24,25)26/h1-7,10,12,28H,8-9,11H2. The number of sulfonamides is 1. The lowest BCUT2D eigenvalue weighted by molar-refractivity contribution is -0.137. The van der Waals surface area contributed by atoms with Crippen molar-refractivity contribution < 1.29 is 39.5 Å². The van der Waals surface area contributed by atoms with Gasteiger partial charge < -0.3 is 4.74 Å². The van der Waals surface area contributed by atoms with Crippen molar-refractivity contribution in [2.75, 3.05) is 11.3 Å². The lowest BCUT2D eigenvalue weighted by Crippen LogP contribution is -2.29. The SMILES string of the molecule is O=S(=O)(Nc1cccc(CCOCc2csc(-c3ccc(C(F)(F)F)cc3)n2)c1)C(F)(F)F. The Kier molecular flexibility index (Phi) is 7.34. The molecular formula is C20H16F6N2O3S2. The Morgan fingerprint density at radius 1 is 1.00 bits per heavy atom. The van der Waals surface area contributed by atoms with E-state index in [1.165, 1.54) is 46.4 Å². The molecule has 1 N–H and O–H groups in total. The second-order valence-electron chi connectivity index (χ2n) is 6.77. The predicted octanol–water partition coefficient (Wildman–Crippen LogP) is 5.85. The summed E-state index contributed by atoms with van der Waals surface area (Å²) in [7, 11) is -5.50. The average Bonchev–Trinajstić information content (AvgIpc) is 3.19. The highest BCUT2D eigenvalue weighted by Gasteiger charge is 2.46. The van der Waals surface area contributed by atoms with Crippen LogP contribution in [0.4, 0.5) is 32.0 Å². The van der Waals surface area contributed by atoms with E-state index in [0.29, 0.717) is 28.2 Å². The molecule has 0 aliphatic carbocycles. The Balaban J connectivity index is 1.52. The molecule has 0 aliphatic heterocycles. The largest absolute Gasteiger partial charge is 0.516 e. The third kappa shape index (κ3) is 6.68. The summed E-state index contributed by atoms with van der Waals surface area (Å²) < 4.78 is 105. The number of hydrogen-bond donors (Lipinski definition) is 1. The van der Waals surface area contributed by atoms with Crippen molar-refractivity contribution in [3.8, 4) is 10.6 Å². The molecule has 3 rings (SSSR count). The molecular weight excluding hydrogens is 494 g/mol. The first-order valence-corrected chi connectivity index (χ1v) is 11.6. The van der Waals surface area contributed by atoms with E-state index in [9.17, 15) is 34.8 Å². The third-order valence-corrected chi connectivity index (χ3v) is 6.33. The topological polar surface area (TPSA) is 68.3 Å². The summed E-state index contributed by atoms with van der Waals surface area (Å²) in [5, 5.41) is 2.24. The number of ether oxygens (including phenoxy) is 1. The molecule has 13 heteroatoms. The van der Waals surface area contributed by atoms with Crippen LogP contribution in [0.3, 0.4) is 0 Å². The number of halogens is 6. The Bertz CT molecular complexity index is 1190. The molecule has 5 nitrogen and oxygen atoms in total. The van der Waals surface area contributed by atoms with E-state index >= 15 is 0 Å². The van der Waals surface area contributed by atoms with Gasteiger partial charge in [0.05, 0.1) is 24.5 Å². The van der Waals surface area contributed by atoms with Crippen LogP contribution >= 0.6 is 11.3 Å². The molecule has 0 fully saturated rings. The van der Waals surface area contributed by atoms with Gasteiger partial charge in [-0.25, -0.2) is 4.98 Å². The van der Waals surface area contributed by atoms with E-state index in [-0.39, 0.29) is 18.9 Å². The zero-order valence-corrected chi connectivity index (χ0v) is 18.2. The fourth-order valence-electron chi connectivity index (χ4n) is 2.68. The molecule has 0 amide bonds. The van der Waals surface area contributed by atoms with E-state index in [1.807, 2.05) is 0 Å². The van der Waals surface area contributed by atoms with E-state index in [1.54, 1.807) is 11.4 Å². The maximum Gasteiger partial charge on any atom is 0.516 e. The van der Waals surface area contributed by atoms with Crippen molar-refractivity contribution in [1.29, 1.82) is 0 Å². The number of hydrogen-bond acceptors (Lipinski definition) is 5.